The Kier molecular flexibility index (Phi) is 6.26. The lowest BCUT2D eigenvalue weighted by atomic mass is 9.93. The molecule has 0 fully saturated rings. The van der Waals surface area contributed by atoms with Gasteiger partial charge in [0.25, 0.3) is 10.0 Å². The zero-order chi connectivity index (χ0) is 22.8. The minimum atomic E-state index is -3.85. The van der Waals surface area contributed by atoms with Crippen molar-refractivity contribution in [1.29, 1.82) is 0 Å². The second-order valence-corrected chi connectivity index (χ2v) is 9.81. The maximum atomic E-state index is 12.9. The molecule has 0 aromatic heterocycles. The van der Waals surface area contributed by atoms with Crippen LogP contribution in [0.4, 0.5) is 17.1 Å². The van der Waals surface area contributed by atoms with E-state index in [1.54, 1.807) is 23.1 Å². The minimum absolute atomic E-state index is 0.0271. The highest BCUT2D eigenvalue weighted by atomic mass is 32.2. The average molecular weight is 446 g/mol. The molecule has 31 heavy (non-hydrogen) atoms. The Labute approximate surface area is 182 Å². The van der Waals surface area contributed by atoms with Crippen molar-refractivity contribution in [3.05, 3.63) is 42.5 Å². The average Bonchev–Trinajstić information content (AvgIpc) is 2.78. The van der Waals surface area contributed by atoms with Gasteiger partial charge in [-0.15, -0.1) is 0 Å². The van der Waals surface area contributed by atoms with Gasteiger partial charge >= 0.3 is 0 Å². The van der Waals surface area contributed by atoms with Crippen LogP contribution in [0.1, 0.15) is 34.1 Å². The molecule has 1 aliphatic rings. The largest absolute Gasteiger partial charge is 0.490 e. The summed E-state index contributed by atoms with van der Waals surface area (Å²) in [6, 6.07) is 10.8. The zero-order valence-corrected chi connectivity index (χ0v) is 18.9. The molecule has 1 aliphatic heterocycles. The molecule has 0 spiro atoms. The molecule has 2 N–H and O–H groups in total. The first-order chi connectivity index (χ1) is 14.5. The number of nitrogens with one attached hydrogen (secondary N) is 2. The Morgan fingerprint density at radius 3 is 2.39 bits per heavy atom. The molecule has 0 atom stereocenters. The van der Waals surface area contributed by atoms with Crippen molar-refractivity contribution in [2.45, 2.75) is 39.0 Å². The number of hydrogen-bond donors (Lipinski definition) is 2. The van der Waals surface area contributed by atoms with Crippen LogP contribution in [0.5, 0.6) is 5.75 Å². The highest BCUT2D eigenvalue weighted by Crippen LogP contribution is 2.38. The first-order valence-electron chi connectivity index (χ1n) is 10.0. The monoisotopic (exact) mass is 445 g/mol. The lowest BCUT2D eigenvalue weighted by Gasteiger charge is -2.27. The third-order valence-electron chi connectivity index (χ3n) is 4.85. The van der Waals surface area contributed by atoms with Crippen molar-refractivity contribution < 1.29 is 22.7 Å². The summed E-state index contributed by atoms with van der Waals surface area (Å²) in [5.41, 5.74) is 0.769. The molecule has 1 heterocycles. The van der Waals surface area contributed by atoms with E-state index in [0.29, 0.717) is 29.4 Å². The summed E-state index contributed by atoms with van der Waals surface area (Å²) < 4.78 is 34.0. The van der Waals surface area contributed by atoms with Gasteiger partial charge in [0, 0.05) is 25.2 Å². The smallest absolute Gasteiger partial charge is 0.261 e. The number of carbonyl (C=O) groups excluding carboxylic acids is 2. The molecule has 2 aromatic carbocycles. The van der Waals surface area contributed by atoms with Crippen LogP contribution in [0.15, 0.2) is 47.4 Å². The number of benzene rings is 2. The van der Waals surface area contributed by atoms with E-state index < -0.39 is 15.4 Å². The normalized spacial score (nSPS) is 15.5. The van der Waals surface area contributed by atoms with Crippen molar-refractivity contribution in [1.82, 2.24) is 0 Å². The van der Waals surface area contributed by atoms with Crippen molar-refractivity contribution in [2.24, 2.45) is 5.41 Å². The summed E-state index contributed by atoms with van der Waals surface area (Å²) in [4.78, 5) is 25.8. The predicted molar refractivity (Wildman–Crippen MR) is 120 cm³/mol. The number of nitrogens with zero attached hydrogens (tertiary/aromatic N) is 1. The minimum Gasteiger partial charge on any atom is -0.490 e. The fourth-order valence-electron chi connectivity index (χ4n) is 3.29. The Bertz CT molecular complexity index is 1090. The van der Waals surface area contributed by atoms with E-state index >= 15 is 0 Å². The molecule has 9 heteroatoms. The maximum Gasteiger partial charge on any atom is 0.261 e. The fourth-order valence-corrected chi connectivity index (χ4v) is 4.34. The van der Waals surface area contributed by atoms with Crippen LogP contribution in [-0.4, -0.2) is 33.4 Å². The molecule has 0 saturated carbocycles. The Morgan fingerprint density at radius 1 is 1.13 bits per heavy atom. The molecule has 0 bridgehead atoms. The quantitative estimate of drug-likeness (QED) is 0.707. The van der Waals surface area contributed by atoms with E-state index in [9.17, 15) is 18.0 Å². The van der Waals surface area contributed by atoms with Gasteiger partial charge in [0.15, 0.2) is 0 Å². The zero-order valence-electron chi connectivity index (χ0n) is 18.1. The lowest BCUT2D eigenvalue weighted by Crippen LogP contribution is -2.42. The number of anilines is 3. The van der Waals surface area contributed by atoms with Gasteiger partial charge in [0.05, 0.1) is 21.7 Å². The van der Waals surface area contributed by atoms with E-state index in [1.165, 1.54) is 31.2 Å². The van der Waals surface area contributed by atoms with E-state index in [1.807, 2.05) is 20.8 Å². The number of carbonyl (C=O) groups is 2. The highest BCUT2D eigenvalue weighted by Gasteiger charge is 2.37. The third-order valence-corrected chi connectivity index (χ3v) is 6.24. The highest BCUT2D eigenvalue weighted by molar-refractivity contribution is 7.92. The van der Waals surface area contributed by atoms with Crippen LogP contribution in [0.3, 0.4) is 0 Å². The number of ether oxygens (including phenoxy) is 1. The van der Waals surface area contributed by atoms with Crippen LogP contribution in [0, 0.1) is 5.41 Å². The van der Waals surface area contributed by atoms with Crippen molar-refractivity contribution in [2.75, 3.05) is 28.1 Å². The summed E-state index contributed by atoms with van der Waals surface area (Å²) in [6.45, 7) is 7.77. The SMILES string of the molecule is CCCN1C(=O)C(C)(C)COc2cc(NS(=O)(=O)c3ccc(NC(C)=O)cc3)ccc21. The Morgan fingerprint density at radius 2 is 1.77 bits per heavy atom. The van der Waals surface area contributed by atoms with Gasteiger partial charge in [-0.3, -0.25) is 14.3 Å². The Balaban J connectivity index is 1.88. The summed E-state index contributed by atoms with van der Waals surface area (Å²) >= 11 is 0. The van der Waals surface area contributed by atoms with E-state index in [2.05, 4.69) is 10.0 Å². The Hall–Kier alpha value is -3.07. The van der Waals surface area contributed by atoms with Gasteiger partial charge in [-0.1, -0.05) is 6.92 Å². The van der Waals surface area contributed by atoms with Crippen molar-refractivity contribution >= 4 is 38.9 Å². The maximum absolute atomic E-state index is 12.9. The molecule has 0 unspecified atom stereocenters. The van der Waals surface area contributed by atoms with Gasteiger partial charge in [0.1, 0.15) is 12.4 Å². The summed E-state index contributed by atoms with van der Waals surface area (Å²) in [6.07, 6.45) is 0.782. The van der Waals surface area contributed by atoms with E-state index in [4.69, 9.17) is 4.74 Å². The summed E-state index contributed by atoms with van der Waals surface area (Å²) in [7, 11) is -3.85. The molecular weight excluding hydrogens is 418 g/mol. The van der Waals surface area contributed by atoms with Crippen molar-refractivity contribution in [3.8, 4) is 5.75 Å². The number of fused-ring (bicyclic) bond motifs is 1. The van der Waals surface area contributed by atoms with E-state index in [0.717, 1.165) is 6.42 Å². The molecule has 2 aromatic rings. The van der Waals surface area contributed by atoms with Crippen LogP contribution in [-0.2, 0) is 19.6 Å². The topological polar surface area (TPSA) is 105 Å². The molecule has 3 rings (SSSR count). The molecule has 0 aliphatic carbocycles. The summed E-state index contributed by atoms with van der Waals surface area (Å²) in [5.74, 6) is 0.187. The summed E-state index contributed by atoms with van der Waals surface area (Å²) in [5, 5.41) is 2.59. The standard InChI is InChI=1S/C22H27N3O5S/c1-5-12-25-19-11-8-17(13-20(19)30-14-22(3,4)21(25)27)24-31(28,29)18-9-6-16(7-10-18)23-15(2)26/h6-11,13,24H,5,12,14H2,1-4H3,(H,23,26). The predicted octanol–water partition coefficient (Wildman–Crippen LogP) is 3.61. The number of amides is 2. The molecular formula is C22H27N3O5S. The van der Waals surface area contributed by atoms with Gasteiger partial charge < -0.3 is 15.0 Å². The second-order valence-electron chi connectivity index (χ2n) is 8.12. The van der Waals surface area contributed by atoms with E-state index in [-0.39, 0.29) is 23.3 Å². The molecule has 2 amide bonds. The van der Waals surface area contributed by atoms with Gasteiger partial charge in [-0.25, -0.2) is 8.42 Å². The van der Waals surface area contributed by atoms with Gasteiger partial charge in [0.2, 0.25) is 11.8 Å². The third kappa shape index (κ3) is 4.99. The van der Waals surface area contributed by atoms with Crippen LogP contribution in [0.25, 0.3) is 0 Å². The van der Waals surface area contributed by atoms with Gasteiger partial charge in [-0.2, -0.15) is 0 Å². The first kappa shape index (κ1) is 22.6. The molecule has 0 radical (unpaired) electrons. The van der Waals surface area contributed by atoms with Gasteiger partial charge in [-0.05, 0) is 56.7 Å². The second kappa shape index (κ2) is 8.58. The van der Waals surface area contributed by atoms with Crippen LogP contribution >= 0.6 is 0 Å². The van der Waals surface area contributed by atoms with Crippen LogP contribution in [0.2, 0.25) is 0 Å². The number of rotatable bonds is 6. The first-order valence-corrected chi connectivity index (χ1v) is 11.5. The molecule has 166 valence electrons. The molecule has 8 nitrogen and oxygen atoms in total. The number of hydrogen-bond acceptors (Lipinski definition) is 5. The molecule has 0 saturated heterocycles. The van der Waals surface area contributed by atoms with Crippen molar-refractivity contribution in [3.63, 3.8) is 0 Å². The fraction of sp³-hybridized carbons (Fsp3) is 0.364. The van der Waals surface area contributed by atoms with Crippen LogP contribution < -0.4 is 19.7 Å². The number of sulfonamides is 1. The lowest BCUT2D eigenvalue weighted by molar-refractivity contribution is -0.127.